The number of ether oxygens (including phenoxy) is 1. The Morgan fingerprint density at radius 2 is 1.76 bits per heavy atom. The van der Waals surface area contributed by atoms with Crippen LogP contribution in [0.25, 0.3) is 22.3 Å². The van der Waals surface area contributed by atoms with Gasteiger partial charge in [-0.1, -0.05) is 42.5 Å². The Balaban J connectivity index is 1.62. The second-order valence-corrected chi connectivity index (χ2v) is 10.1. The summed E-state index contributed by atoms with van der Waals surface area (Å²) in [4.78, 5) is 21.1. The molecule has 0 N–H and O–H groups in total. The van der Waals surface area contributed by atoms with E-state index in [9.17, 15) is 4.79 Å². The number of pyridine rings is 1. The number of fused-ring (bicyclic) bond motifs is 2. The van der Waals surface area contributed by atoms with Crippen LogP contribution in [-0.4, -0.2) is 33.8 Å². The van der Waals surface area contributed by atoms with E-state index in [1.54, 1.807) is 0 Å². The molecule has 6 rings (SSSR count). The monoisotopic (exact) mass is 452 g/mol. The van der Waals surface area contributed by atoms with Crippen molar-refractivity contribution >= 4 is 22.6 Å². The van der Waals surface area contributed by atoms with Crippen LogP contribution in [0.3, 0.4) is 0 Å². The summed E-state index contributed by atoms with van der Waals surface area (Å²) in [5, 5.41) is 5.86. The quantitative estimate of drug-likeness (QED) is 0.396. The molecule has 0 spiro atoms. The van der Waals surface area contributed by atoms with E-state index in [1.807, 2.05) is 70.2 Å². The Bertz CT molecular complexity index is 1400. The molecule has 1 amide bonds. The van der Waals surface area contributed by atoms with Gasteiger partial charge in [-0.2, -0.15) is 5.10 Å². The number of anilines is 1. The van der Waals surface area contributed by atoms with E-state index in [1.165, 1.54) is 0 Å². The van der Waals surface area contributed by atoms with E-state index in [4.69, 9.17) is 14.8 Å². The third-order valence-electron chi connectivity index (χ3n) is 6.54. The molecular formula is C28H28N4O2. The van der Waals surface area contributed by atoms with Crippen LogP contribution in [0, 0.1) is 0 Å². The molecule has 1 aliphatic carbocycles. The topological polar surface area (TPSA) is 60.2 Å². The van der Waals surface area contributed by atoms with Crippen LogP contribution in [-0.2, 0) is 5.54 Å². The number of amides is 1. The van der Waals surface area contributed by atoms with Gasteiger partial charge in [0.2, 0.25) is 0 Å². The summed E-state index contributed by atoms with van der Waals surface area (Å²) in [6.07, 6.45) is 2.23. The second-order valence-electron chi connectivity index (χ2n) is 10.1. The zero-order valence-electron chi connectivity index (χ0n) is 19.8. The molecular weight excluding hydrogens is 424 g/mol. The van der Waals surface area contributed by atoms with Gasteiger partial charge in [0.1, 0.15) is 18.1 Å². The van der Waals surface area contributed by atoms with E-state index in [0.717, 1.165) is 52.3 Å². The van der Waals surface area contributed by atoms with Crippen molar-refractivity contribution in [3.05, 3.63) is 71.9 Å². The highest BCUT2D eigenvalue weighted by molar-refractivity contribution is 6.16. The Hall–Kier alpha value is -3.67. The van der Waals surface area contributed by atoms with Gasteiger partial charge in [-0.15, -0.1) is 0 Å². The average Bonchev–Trinajstić information content (AvgIpc) is 3.62. The van der Waals surface area contributed by atoms with Crippen LogP contribution in [0.4, 0.5) is 5.69 Å². The number of hydrogen-bond acceptors (Lipinski definition) is 4. The first-order chi connectivity index (χ1) is 16.4. The molecule has 34 heavy (non-hydrogen) atoms. The first kappa shape index (κ1) is 20.9. The lowest BCUT2D eigenvalue weighted by Gasteiger charge is -2.30. The number of para-hydroxylation sites is 2. The number of carbonyl (C=O) groups excluding carboxylic acids is 1. The fraction of sp³-hybridized carbons (Fsp3) is 0.321. The van der Waals surface area contributed by atoms with E-state index in [-0.39, 0.29) is 11.4 Å². The molecule has 1 saturated carbocycles. The minimum atomic E-state index is -0.285. The molecule has 2 aromatic heterocycles. The molecule has 2 aromatic carbocycles. The average molecular weight is 453 g/mol. The molecule has 0 saturated heterocycles. The Kier molecular flexibility index (Phi) is 4.73. The SMILES string of the molecule is CC(C)(C)n1nc(-c2ccccc2)c2c(C(=O)N3CCOc4ccccc43)cc(C3CC3)nc21. The van der Waals surface area contributed by atoms with E-state index < -0.39 is 0 Å². The van der Waals surface area contributed by atoms with Crippen LogP contribution < -0.4 is 9.64 Å². The van der Waals surface area contributed by atoms with Crippen molar-refractivity contribution in [1.29, 1.82) is 0 Å². The second kappa shape index (κ2) is 7.69. The molecule has 0 atom stereocenters. The Morgan fingerprint density at radius 1 is 1.03 bits per heavy atom. The highest BCUT2D eigenvalue weighted by Gasteiger charge is 2.33. The highest BCUT2D eigenvalue weighted by atomic mass is 16.5. The largest absolute Gasteiger partial charge is 0.490 e. The lowest BCUT2D eigenvalue weighted by molar-refractivity contribution is 0.0978. The molecule has 6 nitrogen and oxygen atoms in total. The molecule has 0 bridgehead atoms. The predicted octanol–water partition coefficient (Wildman–Crippen LogP) is 5.77. The zero-order valence-corrected chi connectivity index (χ0v) is 19.8. The minimum absolute atomic E-state index is 0.0318. The van der Waals surface area contributed by atoms with Crippen LogP contribution in [0.15, 0.2) is 60.7 Å². The summed E-state index contributed by atoms with van der Waals surface area (Å²) in [6.45, 7) is 7.35. The molecule has 3 heterocycles. The summed E-state index contributed by atoms with van der Waals surface area (Å²) in [7, 11) is 0. The number of benzene rings is 2. The molecule has 0 radical (unpaired) electrons. The van der Waals surface area contributed by atoms with Gasteiger partial charge in [0, 0.05) is 17.2 Å². The van der Waals surface area contributed by atoms with Crippen molar-refractivity contribution in [3.8, 4) is 17.0 Å². The highest BCUT2D eigenvalue weighted by Crippen LogP contribution is 2.43. The maximum Gasteiger partial charge on any atom is 0.259 e. The van der Waals surface area contributed by atoms with Crippen molar-refractivity contribution in [2.24, 2.45) is 0 Å². The van der Waals surface area contributed by atoms with E-state index >= 15 is 0 Å². The maximum atomic E-state index is 14.2. The standard InChI is InChI=1S/C28H28N4O2/c1-28(2,3)32-26-24(25(30-32)19-9-5-4-6-10-19)20(17-21(29-26)18-13-14-18)27(33)31-15-16-34-23-12-8-7-11-22(23)31/h4-12,17-18H,13-16H2,1-3H3. The normalized spacial score (nSPS) is 15.8. The maximum absolute atomic E-state index is 14.2. The van der Waals surface area contributed by atoms with Gasteiger partial charge < -0.3 is 9.64 Å². The first-order valence-corrected chi connectivity index (χ1v) is 11.9. The van der Waals surface area contributed by atoms with Crippen LogP contribution >= 0.6 is 0 Å². The Labute approximate surface area is 199 Å². The summed E-state index contributed by atoms with van der Waals surface area (Å²) >= 11 is 0. The number of aromatic nitrogens is 3. The molecule has 2 aliphatic rings. The van der Waals surface area contributed by atoms with Gasteiger partial charge in [0.05, 0.1) is 28.7 Å². The number of rotatable bonds is 3. The van der Waals surface area contributed by atoms with Crippen molar-refractivity contribution < 1.29 is 9.53 Å². The van der Waals surface area contributed by atoms with Crippen LogP contribution in [0.2, 0.25) is 0 Å². The first-order valence-electron chi connectivity index (χ1n) is 11.9. The summed E-state index contributed by atoms with van der Waals surface area (Å²) in [5.74, 6) is 1.12. The Morgan fingerprint density at radius 3 is 2.50 bits per heavy atom. The van der Waals surface area contributed by atoms with Gasteiger partial charge in [0.15, 0.2) is 5.65 Å². The van der Waals surface area contributed by atoms with Crippen LogP contribution in [0.5, 0.6) is 5.75 Å². The minimum Gasteiger partial charge on any atom is -0.490 e. The fourth-order valence-corrected chi connectivity index (χ4v) is 4.68. The third kappa shape index (κ3) is 3.45. The van der Waals surface area contributed by atoms with Crippen molar-refractivity contribution in [3.63, 3.8) is 0 Å². The van der Waals surface area contributed by atoms with E-state index in [0.29, 0.717) is 24.6 Å². The fourth-order valence-electron chi connectivity index (χ4n) is 4.68. The lowest BCUT2D eigenvalue weighted by Crippen LogP contribution is -2.38. The van der Waals surface area contributed by atoms with Gasteiger partial charge in [0.25, 0.3) is 5.91 Å². The van der Waals surface area contributed by atoms with E-state index in [2.05, 4.69) is 20.8 Å². The summed E-state index contributed by atoms with van der Waals surface area (Å²) < 4.78 is 7.81. The zero-order chi connectivity index (χ0) is 23.4. The number of hydrogen-bond donors (Lipinski definition) is 0. The summed E-state index contributed by atoms with van der Waals surface area (Å²) in [6, 6.07) is 19.8. The number of carbonyl (C=O) groups is 1. The van der Waals surface area contributed by atoms with Crippen molar-refractivity contribution in [2.45, 2.75) is 45.1 Å². The van der Waals surface area contributed by atoms with Crippen LogP contribution in [0.1, 0.15) is 55.6 Å². The van der Waals surface area contributed by atoms with Gasteiger partial charge >= 0.3 is 0 Å². The van der Waals surface area contributed by atoms with Gasteiger partial charge in [-0.3, -0.25) is 4.79 Å². The van der Waals surface area contributed by atoms with Crippen molar-refractivity contribution in [2.75, 3.05) is 18.1 Å². The molecule has 4 aromatic rings. The molecule has 1 fully saturated rings. The molecule has 6 heteroatoms. The van der Waals surface area contributed by atoms with Gasteiger partial charge in [-0.25, -0.2) is 9.67 Å². The van der Waals surface area contributed by atoms with Gasteiger partial charge in [-0.05, 0) is 51.8 Å². The lowest BCUT2D eigenvalue weighted by atomic mass is 10.0. The van der Waals surface area contributed by atoms with Crippen molar-refractivity contribution in [1.82, 2.24) is 14.8 Å². The molecule has 1 aliphatic heterocycles. The number of nitrogens with zero attached hydrogens (tertiary/aromatic N) is 4. The molecule has 0 unspecified atom stereocenters. The predicted molar refractivity (Wildman–Crippen MR) is 134 cm³/mol. The summed E-state index contributed by atoms with van der Waals surface area (Å²) in [5.41, 5.74) is 4.73. The molecule has 172 valence electrons. The third-order valence-corrected chi connectivity index (χ3v) is 6.54. The smallest absolute Gasteiger partial charge is 0.259 e.